The van der Waals surface area contributed by atoms with Gasteiger partial charge in [-0.3, -0.25) is 0 Å². The van der Waals surface area contributed by atoms with Crippen LogP contribution in [0, 0.1) is 5.82 Å². The van der Waals surface area contributed by atoms with E-state index in [1.165, 1.54) is 12.1 Å². The fourth-order valence-corrected chi connectivity index (χ4v) is 5.11. The highest BCUT2D eigenvalue weighted by Crippen LogP contribution is 2.43. The van der Waals surface area contributed by atoms with Crippen molar-refractivity contribution in [1.82, 2.24) is 19.9 Å². The van der Waals surface area contributed by atoms with Gasteiger partial charge in [0.05, 0.1) is 5.39 Å². The van der Waals surface area contributed by atoms with Gasteiger partial charge in [-0.2, -0.15) is 0 Å². The lowest BCUT2D eigenvalue weighted by atomic mass is 9.99. The smallest absolute Gasteiger partial charge is 0.232 e. The maximum absolute atomic E-state index is 13.8. The molecule has 5 heterocycles. The number of rotatable bonds is 4. The Kier molecular flexibility index (Phi) is 6.02. The third kappa shape index (κ3) is 4.29. The van der Waals surface area contributed by atoms with Gasteiger partial charge in [-0.1, -0.05) is 12.1 Å². The number of anilines is 2. The molecule has 2 fully saturated rings. The highest BCUT2D eigenvalue weighted by atomic mass is 19.1. The van der Waals surface area contributed by atoms with Gasteiger partial charge < -0.3 is 24.9 Å². The summed E-state index contributed by atoms with van der Waals surface area (Å²) in [6, 6.07) is 10.8. The van der Waals surface area contributed by atoms with Crippen LogP contribution in [0.25, 0.3) is 33.6 Å². The Morgan fingerprint density at radius 1 is 0.861 bits per heavy atom. The summed E-state index contributed by atoms with van der Waals surface area (Å²) in [4.78, 5) is 20.8. The summed E-state index contributed by atoms with van der Waals surface area (Å²) in [7, 11) is 2.14. The van der Waals surface area contributed by atoms with Gasteiger partial charge in [0, 0.05) is 62.6 Å². The molecule has 0 saturated carbocycles. The second-order valence-corrected chi connectivity index (χ2v) is 9.71. The van der Waals surface area contributed by atoms with Crippen molar-refractivity contribution in [3.63, 3.8) is 0 Å². The van der Waals surface area contributed by atoms with Crippen LogP contribution in [-0.2, 0) is 0 Å². The van der Waals surface area contributed by atoms with E-state index in [1.807, 2.05) is 18.3 Å². The summed E-state index contributed by atoms with van der Waals surface area (Å²) in [5, 5.41) is 0.831. The summed E-state index contributed by atoms with van der Waals surface area (Å²) in [5.41, 5.74) is 9.20. The van der Waals surface area contributed by atoms with Crippen molar-refractivity contribution in [2.24, 2.45) is 5.73 Å². The van der Waals surface area contributed by atoms with Crippen molar-refractivity contribution in [2.45, 2.75) is 18.9 Å². The number of hydrogen-bond donors (Lipinski definition) is 1. The third-order valence-electron chi connectivity index (χ3n) is 7.28. The molecular weight excluding hydrogens is 457 g/mol. The normalized spacial score (nSPS) is 17.8. The predicted molar refractivity (Wildman–Crippen MR) is 140 cm³/mol. The number of fused-ring (bicyclic) bond motifs is 1. The first kappa shape index (κ1) is 22.9. The van der Waals surface area contributed by atoms with E-state index < -0.39 is 0 Å². The van der Waals surface area contributed by atoms with Crippen molar-refractivity contribution in [3.8, 4) is 22.5 Å². The number of benzene rings is 1. The summed E-state index contributed by atoms with van der Waals surface area (Å²) in [5.74, 6) is 2.15. The lowest BCUT2D eigenvalue weighted by Crippen LogP contribution is -2.44. The molecule has 0 bridgehead atoms. The van der Waals surface area contributed by atoms with Crippen LogP contribution in [0.5, 0.6) is 0 Å². The van der Waals surface area contributed by atoms with E-state index in [1.54, 1.807) is 18.5 Å². The van der Waals surface area contributed by atoms with Gasteiger partial charge in [0.15, 0.2) is 0 Å². The predicted octanol–water partition coefficient (Wildman–Crippen LogP) is 3.77. The average Bonchev–Trinajstić information content (AvgIpc) is 3.30. The number of likely N-dealkylation sites (N-methyl/N-ethyl adjacent to an activating group) is 1. The maximum atomic E-state index is 13.8. The van der Waals surface area contributed by atoms with Crippen LogP contribution in [0.1, 0.15) is 12.8 Å². The first-order chi connectivity index (χ1) is 17.6. The minimum atomic E-state index is -0.284. The fourth-order valence-electron chi connectivity index (χ4n) is 5.11. The molecule has 8 nitrogen and oxygen atoms in total. The second kappa shape index (κ2) is 9.48. The molecule has 0 unspecified atom stereocenters. The Morgan fingerprint density at radius 3 is 2.28 bits per heavy atom. The molecule has 1 aromatic carbocycles. The van der Waals surface area contributed by atoms with Crippen molar-refractivity contribution in [3.05, 3.63) is 54.7 Å². The second-order valence-electron chi connectivity index (χ2n) is 9.71. The van der Waals surface area contributed by atoms with Gasteiger partial charge in [0.25, 0.3) is 0 Å². The third-order valence-corrected chi connectivity index (χ3v) is 7.28. The Balaban J connectivity index is 1.45. The molecule has 2 aliphatic heterocycles. The molecule has 186 valence electrons. The zero-order valence-electron chi connectivity index (χ0n) is 20.4. The van der Waals surface area contributed by atoms with Crippen molar-refractivity contribution < 1.29 is 8.81 Å². The molecule has 0 spiro atoms. The monoisotopic (exact) mass is 487 g/mol. The number of nitrogens with zero attached hydrogens (tertiary/aromatic N) is 6. The van der Waals surface area contributed by atoms with Crippen LogP contribution < -0.4 is 15.5 Å². The Bertz CT molecular complexity index is 1340. The lowest BCUT2D eigenvalue weighted by molar-refractivity contribution is 0.312. The molecule has 0 radical (unpaired) electrons. The first-order valence-electron chi connectivity index (χ1n) is 12.5. The van der Waals surface area contributed by atoms with Crippen LogP contribution in [0.15, 0.2) is 53.3 Å². The van der Waals surface area contributed by atoms with Crippen molar-refractivity contribution in [2.75, 3.05) is 56.1 Å². The number of pyridine rings is 1. The van der Waals surface area contributed by atoms with E-state index in [2.05, 4.69) is 31.7 Å². The number of hydrogen-bond acceptors (Lipinski definition) is 8. The van der Waals surface area contributed by atoms with E-state index in [0.29, 0.717) is 11.5 Å². The summed E-state index contributed by atoms with van der Waals surface area (Å²) >= 11 is 0. The summed E-state index contributed by atoms with van der Waals surface area (Å²) in [6.07, 6.45) is 5.20. The minimum absolute atomic E-state index is 0.208. The minimum Gasteiger partial charge on any atom is -0.437 e. The van der Waals surface area contributed by atoms with Gasteiger partial charge in [-0.25, -0.2) is 19.3 Å². The molecule has 0 amide bonds. The van der Waals surface area contributed by atoms with E-state index in [0.717, 1.165) is 85.8 Å². The van der Waals surface area contributed by atoms with Gasteiger partial charge in [-0.05, 0) is 49.7 Å². The van der Waals surface area contributed by atoms with Gasteiger partial charge in [-0.15, -0.1) is 0 Å². The van der Waals surface area contributed by atoms with E-state index in [-0.39, 0.29) is 11.9 Å². The lowest BCUT2D eigenvalue weighted by Gasteiger charge is -2.33. The van der Waals surface area contributed by atoms with Crippen LogP contribution in [0.4, 0.5) is 16.0 Å². The van der Waals surface area contributed by atoms with Gasteiger partial charge in [0.2, 0.25) is 5.71 Å². The van der Waals surface area contributed by atoms with Crippen molar-refractivity contribution >= 4 is 22.7 Å². The number of halogens is 1. The molecular formula is C27H30FN7O. The zero-order chi connectivity index (χ0) is 24.6. The highest BCUT2D eigenvalue weighted by Gasteiger charge is 2.27. The van der Waals surface area contributed by atoms with E-state index in [4.69, 9.17) is 15.1 Å². The van der Waals surface area contributed by atoms with Crippen LogP contribution >= 0.6 is 0 Å². The number of nitrogens with two attached hydrogens (primary N) is 1. The largest absolute Gasteiger partial charge is 0.437 e. The Hall–Kier alpha value is -3.56. The molecule has 9 heteroatoms. The van der Waals surface area contributed by atoms with Gasteiger partial charge in [0.1, 0.15) is 29.5 Å². The highest BCUT2D eigenvalue weighted by molar-refractivity contribution is 6.06. The maximum Gasteiger partial charge on any atom is 0.232 e. The topological polar surface area (TPSA) is 87.6 Å². The van der Waals surface area contributed by atoms with Crippen LogP contribution in [-0.4, -0.2) is 72.2 Å². The van der Waals surface area contributed by atoms with Crippen LogP contribution in [0.2, 0.25) is 0 Å². The van der Waals surface area contributed by atoms with Crippen molar-refractivity contribution in [1.29, 1.82) is 0 Å². The summed E-state index contributed by atoms with van der Waals surface area (Å²) in [6.45, 7) is 5.57. The summed E-state index contributed by atoms with van der Waals surface area (Å²) < 4.78 is 20.2. The Labute approximate surface area is 209 Å². The van der Waals surface area contributed by atoms with E-state index >= 15 is 0 Å². The molecule has 3 aromatic heterocycles. The number of aromatic nitrogens is 3. The molecule has 2 N–H and O–H groups in total. The number of piperazine rings is 1. The van der Waals surface area contributed by atoms with E-state index in [9.17, 15) is 4.39 Å². The first-order valence-corrected chi connectivity index (χ1v) is 12.5. The zero-order valence-corrected chi connectivity index (χ0v) is 20.4. The van der Waals surface area contributed by atoms with Crippen LogP contribution in [0.3, 0.4) is 0 Å². The molecule has 36 heavy (non-hydrogen) atoms. The average molecular weight is 488 g/mol. The molecule has 6 rings (SSSR count). The standard InChI is InChI=1S/C27H30FN7O/c1-33-12-14-34(15-13-33)22-7-4-19(16-30-22)25-23(18-2-5-20(28)6-3-18)24-26(31-17-32-27(24)36-25)35-10-8-21(29)9-11-35/h2-7,16-17,21H,8-15,29H2,1H3. The Morgan fingerprint density at radius 2 is 1.58 bits per heavy atom. The number of furan rings is 1. The fraction of sp³-hybridized carbons (Fsp3) is 0.370. The molecule has 2 saturated heterocycles. The molecule has 2 aliphatic rings. The quantitative estimate of drug-likeness (QED) is 0.466. The number of piperidine rings is 1. The SMILES string of the molecule is CN1CCN(c2ccc(-c3oc4ncnc(N5CCC(N)CC5)c4c3-c3ccc(F)cc3)cn2)CC1. The molecule has 0 aliphatic carbocycles. The van der Waals surface area contributed by atoms with Gasteiger partial charge >= 0.3 is 0 Å². The molecule has 4 aromatic rings. The molecule has 0 atom stereocenters.